The number of benzene rings is 1. The minimum atomic E-state index is -0.418. The van der Waals surface area contributed by atoms with Gasteiger partial charge >= 0.3 is 0 Å². The fourth-order valence-electron chi connectivity index (χ4n) is 2.56. The van der Waals surface area contributed by atoms with Crippen molar-refractivity contribution in [1.82, 2.24) is 20.5 Å². The van der Waals surface area contributed by atoms with Crippen LogP contribution >= 0.6 is 23.2 Å². The Morgan fingerprint density at radius 1 is 1.38 bits per heavy atom. The maximum absolute atomic E-state index is 12.3. The predicted octanol–water partition coefficient (Wildman–Crippen LogP) is 2.85. The van der Waals surface area contributed by atoms with Crippen molar-refractivity contribution in [3.05, 3.63) is 46.0 Å². The molecule has 5 nitrogen and oxygen atoms in total. The Morgan fingerprint density at radius 3 is 2.81 bits per heavy atom. The van der Waals surface area contributed by atoms with Crippen LogP contribution in [0.5, 0.6) is 0 Å². The summed E-state index contributed by atoms with van der Waals surface area (Å²) < 4.78 is 0. The van der Waals surface area contributed by atoms with Crippen molar-refractivity contribution in [2.75, 3.05) is 0 Å². The lowest BCUT2D eigenvalue weighted by Crippen LogP contribution is -2.52. The molecule has 0 bridgehead atoms. The first-order valence-corrected chi connectivity index (χ1v) is 7.46. The Hall–Kier alpha value is -1.59. The molecule has 1 aromatic carbocycles. The number of carbonyl (C=O) groups is 1. The molecule has 7 heteroatoms. The fourth-order valence-corrected chi connectivity index (χ4v) is 2.94. The standard InChI is InChI=1S/C14H14Cl2N4O/c15-10-4-1-3-9(12(10)16)7-11(21)19-14(5-2-6-14)13-17-8-18-20-13/h1,3-4,8H,2,5-7H2,(H,19,21)(H,17,18,20). The SMILES string of the molecule is O=C(Cc1cccc(Cl)c1Cl)NC1(c2ncn[nH]2)CCC1. The van der Waals surface area contributed by atoms with Gasteiger partial charge in [-0.3, -0.25) is 9.89 Å². The van der Waals surface area contributed by atoms with Gasteiger partial charge in [-0.15, -0.1) is 0 Å². The number of nitrogens with one attached hydrogen (secondary N) is 2. The molecule has 1 aromatic heterocycles. The van der Waals surface area contributed by atoms with Crippen molar-refractivity contribution >= 4 is 29.1 Å². The zero-order valence-corrected chi connectivity index (χ0v) is 12.7. The Bertz CT molecular complexity index is 653. The Kier molecular flexibility index (Phi) is 3.87. The first-order valence-electron chi connectivity index (χ1n) is 6.70. The summed E-state index contributed by atoms with van der Waals surface area (Å²) >= 11 is 12.1. The summed E-state index contributed by atoms with van der Waals surface area (Å²) in [5.74, 6) is 0.606. The summed E-state index contributed by atoms with van der Waals surface area (Å²) in [5, 5.41) is 10.6. The van der Waals surface area contributed by atoms with Crippen molar-refractivity contribution in [2.45, 2.75) is 31.2 Å². The lowest BCUT2D eigenvalue weighted by molar-refractivity contribution is -0.123. The van der Waals surface area contributed by atoms with E-state index in [2.05, 4.69) is 20.5 Å². The molecule has 1 amide bonds. The van der Waals surface area contributed by atoms with Gasteiger partial charge in [0.15, 0.2) is 0 Å². The van der Waals surface area contributed by atoms with E-state index in [9.17, 15) is 4.79 Å². The monoisotopic (exact) mass is 324 g/mol. The van der Waals surface area contributed by atoms with Crippen LogP contribution in [0.2, 0.25) is 10.0 Å². The van der Waals surface area contributed by atoms with Gasteiger partial charge in [0.25, 0.3) is 0 Å². The third-order valence-corrected chi connectivity index (χ3v) is 4.69. The number of hydrogen-bond acceptors (Lipinski definition) is 3. The van der Waals surface area contributed by atoms with Crippen LogP contribution in [0, 0.1) is 0 Å². The third kappa shape index (κ3) is 2.76. The second-order valence-electron chi connectivity index (χ2n) is 5.21. The minimum absolute atomic E-state index is 0.102. The summed E-state index contributed by atoms with van der Waals surface area (Å²) in [7, 11) is 0. The summed E-state index contributed by atoms with van der Waals surface area (Å²) in [5.41, 5.74) is 0.298. The molecule has 1 aliphatic rings. The molecule has 2 N–H and O–H groups in total. The molecule has 3 rings (SSSR count). The number of aromatic nitrogens is 3. The zero-order chi connectivity index (χ0) is 14.9. The van der Waals surface area contributed by atoms with E-state index in [0.717, 1.165) is 19.3 Å². The number of amides is 1. The Labute approximate surface area is 132 Å². The molecule has 0 atom stereocenters. The highest BCUT2D eigenvalue weighted by atomic mass is 35.5. The average molecular weight is 325 g/mol. The van der Waals surface area contributed by atoms with Crippen LogP contribution in [0.3, 0.4) is 0 Å². The highest BCUT2D eigenvalue weighted by Crippen LogP contribution is 2.39. The molecule has 1 aliphatic carbocycles. The number of nitrogens with zero attached hydrogens (tertiary/aromatic N) is 2. The molecule has 0 unspecified atom stereocenters. The second-order valence-corrected chi connectivity index (χ2v) is 5.99. The fraction of sp³-hybridized carbons (Fsp3) is 0.357. The molecule has 1 fully saturated rings. The van der Waals surface area contributed by atoms with Crippen LogP contribution in [0.1, 0.15) is 30.7 Å². The molecule has 0 saturated heterocycles. The molecule has 2 aromatic rings. The van der Waals surface area contributed by atoms with E-state index < -0.39 is 5.54 Å². The van der Waals surface area contributed by atoms with Crippen LogP contribution in [-0.2, 0) is 16.8 Å². The van der Waals surface area contributed by atoms with E-state index in [-0.39, 0.29) is 12.3 Å². The van der Waals surface area contributed by atoms with Gasteiger partial charge in [-0.2, -0.15) is 5.10 Å². The van der Waals surface area contributed by atoms with Crippen LogP contribution < -0.4 is 5.32 Å². The maximum atomic E-state index is 12.3. The normalized spacial score (nSPS) is 16.3. The van der Waals surface area contributed by atoms with Crippen LogP contribution in [0.15, 0.2) is 24.5 Å². The average Bonchev–Trinajstić information content (AvgIpc) is 2.93. The van der Waals surface area contributed by atoms with Gasteiger partial charge in [0, 0.05) is 0 Å². The maximum Gasteiger partial charge on any atom is 0.225 e. The smallest absolute Gasteiger partial charge is 0.225 e. The lowest BCUT2D eigenvalue weighted by Gasteiger charge is -2.40. The van der Waals surface area contributed by atoms with E-state index in [1.165, 1.54) is 6.33 Å². The molecular formula is C14H14Cl2N4O. The summed E-state index contributed by atoms with van der Waals surface area (Å²) in [6, 6.07) is 5.29. The molecule has 1 saturated carbocycles. The first-order chi connectivity index (χ1) is 10.1. The van der Waals surface area contributed by atoms with E-state index in [1.54, 1.807) is 18.2 Å². The molecule has 0 radical (unpaired) electrons. The van der Waals surface area contributed by atoms with Crippen molar-refractivity contribution < 1.29 is 4.79 Å². The molecular weight excluding hydrogens is 311 g/mol. The molecule has 0 spiro atoms. The first kappa shape index (κ1) is 14.4. The van der Waals surface area contributed by atoms with Gasteiger partial charge < -0.3 is 5.32 Å². The van der Waals surface area contributed by atoms with E-state index in [0.29, 0.717) is 21.4 Å². The lowest BCUT2D eigenvalue weighted by atomic mass is 9.76. The van der Waals surface area contributed by atoms with Crippen LogP contribution in [0.4, 0.5) is 0 Å². The molecule has 21 heavy (non-hydrogen) atoms. The molecule has 1 heterocycles. The highest BCUT2D eigenvalue weighted by molar-refractivity contribution is 6.42. The zero-order valence-electron chi connectivity index (χ0n) is 11.2. The number of aromatic amines is 1. The van der Waals surface area contributed by atoms with Crippen LogP contribution in [0.25, 0.3) is 0 Å². The van der Waals surface area contributed by atoms with Gasteiger partial charge in [0.05, 0.1) is 22.0 Å². The Morgan fingerprint density at radius 2 is 2.19 bits per heavy atom. The molecule has 0 aliphatic heterocycles. The minimum Gasteiger partial charge on any atom is -0.343 e. The van der Waals surface area contributed by atoms with Crippen molar-refractivity contribution in [2.24, 2.45) is 0 Å². The number of carbonyl (C=O) groups excluding carboxylic acids is 1. The summed E-state index contributed by atoms with van der Waals surface area (Å²) in [4.78, 5) is 16.5. The van der Waals surface area contributed by atoms with Gasteiger partial charge in [-0.1, -0.05) is 35.3 Å². The summed E-state index contributed by atoms with van der Waals surface area (Å²) in [6.07, 6.45) is 4.41. The number of hydrogen-bond donors (Lipinski definition) is 2. The van der Waals surface area contributed by atoms with Gasteiger partial charge in [0.1, 0.15) is 12.2 Å². The van der Waals surface area contributed by atoms with E-state index >= 15 is 0 Å². The third-order valence-electron chi connectivity index (χ3n) is 3.84. The van der Waals surface area contributed by atoms with Crippen LogP contribution in [-0.4, -0.2) is 21.1 Å². The van der Waals surface area contributed by atoms with E-state index in [1.807, 2.05) is 0 Å². The highest BCUT2D eigenvalue weighted by Gasteiger charge is 2.42. The molecule has 110 valence electrons. The summed E-state index contributed by atoms with van der Waals surface area (Å²) in [6.45, 7) is 0. The van der Waals surface area contributed by atoms with Crippen molar-refractivity contribution in [1.29, 1.82) is 0 Å². The Balaban J connectivity index is 1.73. The topological polar surface area (TPSA) is 70.7 Å². The van der Waals surface area contributed by atoms with Gasteiger partial charge in [-0.25, -0.2) is 4.98 Å². The number of halogens is 2. The quantitative estimate of drug-likeness (QED) is 0.908. The second kappa shape index (κ2) is 5.66. The van der Waals surface area contributed by atoms with E-state index in [4.69, 9.17) is 23.2 Å². The van der Waals surface area contributed by atoms with Crippen molar-refractivity contribution in [3.63, 3.8) is 0 Å². The number of rotatable bonds is 4. The van der Waals surface area contributed by atoms with Crippen molar-refractivity contribution in [3.8, 4) is 0 Å². The van der Waals surface area contributed by atoms with Gasteiger partial charge in [0.2, 0.25) is 5.91 Å². The van der Waals surface area contributed by atoms with Gasteiger partial charge in [-0.05, 0) is 30.9 Å². The number of H-pyrrole nitrogens is 1. The predicted molar refractivity (Wildman–Crippen MR) is 80.2 cm³/mol. The largest absolute Gasteiger partial charge is 0.343 e.